The van der Waals surface area contributed by atoms with Crippen LogP contribution in [-0.2, 0) is 20.5 Å². The van der Waals surface area contributed by atoms with Gasteiger partial charge >= 0.3 is 0 Å². The molecule has 27 heavy (non-hydrogen) atoms. The van der Waals surface area contributed by atoms with Crippen molar-refractivity contribution in [3.63, 3.8) is 0 Å². The van der Waals surface area contributed by atoms with E-state index in [1.54, 1.807) is 0 Å². The van der Waals surface area contributed by atoms with Crippen molar-refractivity contribution < 1.29 is 19.0 Å². The van der Waals surface area contributed by atoms with Crippen molar-refractivity contribution in [3.8, 4) is 0 Å². The maximum atomic E-state index is 9.40. The van der Waals surface area contributed by atoms with Crippen LogP contribution >= 0.6 is 0 Å². The van der Waals surface area contributed by atoms with Crippen LogP contribution in [-0.4, -0.2) is 44.9 Å². The Hall–Kier alpha value is -0.723. The van der Waals surface area contributed by atoms with Gasteiger partial charge in [-0.25, -0.2) is 0 Å². The summed E-state index contributed by atoms with van der Waals surface area (Å²) in [5.74, 6) is 0.540. The number of rotatable bonds is 13. The zero-order valence-electron chi connectivity index (χ0n) is 17.7. The van der Waals surface area contributed by atoms with E-state index in [1.165, 1.54) is 5.56 Å². The average Bonchev–Trinajstić information content (AvgIpc) is 3.50. The number of hydrogen-bond acceptors (Lipinski definition) is 4. The third-order valence-electron chi connectivity index (χ3n) is 6.21. The third-order valence-corrected chi connectivity index (χ3v) is 10.8. The molecule has 2 rings (SSSR count). The second kappa shape index (κ2) is 10.7. The summed E-state index contributed by atoms with van der Waals surface area (Å²) in [6.45, 7) is 12.6. The van der Waals surface area contributed by atoms with Crippen LogP contribution in [0.3, 0.4) is 0 Å². The van der Waals surface area contributed by atoms with Crippen LogP contribution < -0.4 is 0 Å². The van der Waals surface area contributed by atoms with Crippen LogP contribution in [0.5, 0.6) is 0 Å². The van der Waals surface area contributed by atoms with E-state index in [2.05, 4.69) is 46.8 Å². The number of epoxide rings is 1. The highest BCUT2D eigenvalue weighted by molar-refractivity contribution is 6.73. The summed E-state index contributed by atoms with van der Waals surface area (Å²) >= 11 is 0. The topological polar surface area (TPSA) is 51.2 Å². The van der Waals surface area contributed by atoms with Gasteiger partial charge < -0.3 is 19.0 Å². The lowest BCUT2D eigenvalue weighted by molar-refractivity contribution is 0.00589. The second-order valence-corrected chi connectivity index (χ2v) is 12.7. The molecular weight excluding hydrogens is 356 g/mol. The molecule has 0 unspecified atom stereocenters. The van der Waals surface area contributed by atoms with Gasteiger partial charge in [-0.2, -0.15) is 0 Å². The molecule has 1 aliphatic rings. The Morgan fingerprint density at radius 3 is 2.22 bits per heavy atom. The Kier molecular flexibility index (Phi) is 8.96. The Bertz CT molecular complexity index is 526. The lowest BCUT2D eigenvalue weighted by Crippen LogP contribution is -2.46. The maximum absolute atomic E-state index is 9.40. The van der Waals surface area contributed by atoms with E-state index in [9.17, 15) is 5.11 Å². The van der Waals surface area contributed by atoms with Gasteiger partial charge in [0.25, 0.3) is 0 Å². The van der Waals surface area contributed by atoms with Crippen LogP contribution in [0.25, 0.3) is 0 Å². The van der Waals surface area contributed by atoms with Gasteiger partial charge in [0.15, 0.2) is 8.32 Å². The van der Waals surface area contributed by atoms with Crippen LogP contribution in [0.4, 0.5) is 0 Å². The zero-order chi connectivity index (χ0) is 19.9. The maximum Gasteiger partial charge on any atom is 0.192 e. The van der Waals surface area contributed by atoms with Gasteiger partial charge in [0.2, 0.25) is 0 Å². The van der Waals surface area contributed by atoms with E-state index in [1.807, 2.05) is 18.2 Å². The first-order valence-electron chi connectivity index (χ1n) is 10.6. The molecule has 0 aliphatic carbocycles. The standard InChI is InChI=1S/C22H38O4Si/c1-6-27(7-2,8-3)26-21(18(5)22-20(14-23)25-22)17(4)15-24-16-19-12-10-9-11-13-19/h9-13,17-18,20-23H,6-8,14-16H2,1-5H3/t17-,18+,20+,21-,22+/m0/s1. The summed E-state index contributed by atoms with van der Waals surface area (Å²) in [7, 11) is -1.73. The molecule has 5 heteroatoms. The first-order valence-corrected chi connectivity index (χ1v) is 13.1. The number of benzene rings is 1. The van der Waals surface area contributed by atoms with Crippen LogP contribution in [0.15, 0.2) is 30.3 Å². The molecular formula is C22H38O4Si. The molecule has 0 aromatic heterocycles. The molecule has 0 amide bonds. The lowest BCUT2D eigenvalue weighted by Gasteiger charge is -2.38. The van der Waals surface area contributed by atoms with Crippen LogP contribution in [0.2, 0.25) is 18.1 Å². The lowest BCUT2D eigenvalue weighted by atomic mass is 9.90. The summed E-state index contributed by atoms with van der Waals surface area (Å²) in [4.78, 5) is 0. The molecule has 1 aromatic rings. The van der Waals surface area contributed by atoms with Gasteiger partial charge in [-0.1, -0.05) is 65.0 Å². The van der Waals surface area contributed by atoms with E-state index in [0.717, 1.165) is 18.1 Å². The first-order chi connectivity index (χ1) is 13.0. The van der Waals surface area contributed by atoms with Gasteiger partial charge in [-0.05, 0) is 23.7 Å². The van der Waals surface area contributed by atoms with Crippen molar-refractivity contribution in [2.75, 3.05) is 13.2 Å². The van der Waals surface area contributed by atoms with Gasteiger partial charge in [-0.3, -0.25) is 0 Å². The summed E-state index contributed by atoms with van der Waals surface area (Å²) < 4.78 is 18.6. The van der Waals surface area contributed by atoms with Crippen molar-refractivity contribution in [3.05, 3.63) is 35.9 Å². The summed E-state index contributed by atoms with van der Waals surface area (Å²) in [5.41, 5.74) is 1.19. The highest BCUT2D eigenvalue weighted by Gasteiger charge is 2.48. The average molecular weight is 395 g/mol. The van der Waals surface area contributed by atoms with Crippen molar-refractivity contribution in [2.45, 2.75) is 77.7 Å². The minimum absolute atomic E-state index is 0.0236. The molecule has 1 fully saturated rings. The van der Waals surface area contributed by atoms with E-state index in [0.29, 0.717) is 13.2 Å². The Morgan fingerprint density at radius 1 is 1.07 bits per heavy atom. The fourth-order valence-corrected chi connectivity index (χ4v) is 7.04. The zero-order valence-corrected chi connectivity index (χ0v) is 18.7. The number of aliphatic hydroxyl groups excluding tert-OH is 1. The molecule has 1 saturated heterocycles. The first kappa shape index (κ1) is 22.6. The Balaban J connectivity index is 2.01. The van der Waals surface area contributed by atoms with E-state index in [-0.39, 0.29) is 36.8 Å². The quantitative estimate of drug-likeness (QED) is 0.392. The summed E-state index contributed by atoms with van der Waals surface area (Å²) in [6.07, 6.45) is 0.187. The number of aliphatic hydroxyl groups is 1. The monoisotopic (exact) mass is 394 g/mol. The Morgan fingerprint density at radius 2 is 1.70 bits per heavy atom. The molecule has 1 heterocycles. The van der Waals surface area contributed by atoms with Crippen molar-refractivity contribution in [1.82, 2.24) is 0 Å². The van der Waals surface area contributed by atoms with E-state index < -0.39 is 8.32 Å². The largest absolute Gasteiger partial charge is 0.413 e. The normalized spacial score (nSPS) is 23.0. The van der Waals surface area contributed by atoms with Crippen LogP contribution in [0, 0.1) is 11.8 Å². The highest BCUT2D eigenvalue weighted by Crippen LogP contribution is 2.37. The molecule has 1 aliphatic heterocycles. The van der Waals surface area contributed by atoms with Crippen molar-refractivity contribution in [1.29, 1.82) is 0 Å². The van der Waals surface area contributed by atoms with Crippen molar-refractivity contribution in [2.24, 2.45) is 11.8 Å². The molecule has 5 atom stereocenters. The SMILES string of the molecule is CC[Si](CC)(CC)O[C@H]([C@@H](C)[C@H]1O[C@@H]1CO)[C@@H](C)COCc1ccccc1. The number of ether oxygens (including phenoxy) is 2. The minimum Gasteiger partial charge on any atom is -0.413 e. The van der Waals surface area contributed by atoms with Gasteiger partial charge in [-0.15, -0.1) is 0 Å². The predicted molar refractivity (Wildman–Crippen MR) is 112 cm³/mol. The molecule has 1 N–H and O–H groups in total. The van der Waals surface area contributed by atoms with Crippen molar-refractivity contribution >= 4 is 8.32 Å². The van der Waals surface area contributed by atoms with Gasteiger partial charge in [0, 0.05) is 11.8 Å². The minimum atomic E-state index is -1.73. The summed E-state index contributed by atoms with van der Waals surface area (Å²) in [6, 6.07) is 13.7. The summed E-state index contributed by atoms with van der Waals surface area (Å²) in [5, 5.41) is 9.40. The molecule has 0 saturated carbocycles. The van der Waals surface area contributed by atoms with E-state index in [4.69, 9.17) is 13.9 Å². The van der Waals surface area contributed by atoms with Gasteiger partial charge in [0.1, 0.15) is 6.10 Å². The fourth-order valence-electron chi connectivity index (χ4n) is 4.01. The molecule has 0 bridgehead atoms. The van der Waals surface area contributed by atoms with Gasteiger partial charge in [0.05, 0.1) is 32.0 Å². The fraction of sp³-hybridized carbons (Fsp3) is 0.727. The van der Waals surface area contributed by atoms with E-state index >= 15 is 0 Å². The second-order valence-electron chi connectivity index (χ2n) is 7.98. The molecule has 154 valence electrons. The molecule has 4 nitrogen and oxygen atoms in total. The smallest absolute Gasteiger partial charge is 0.192 e. The molecule has 0 spiro atoms. The molecule has 1 aromatic carbocycles. The van der Waals surface area contributed by atoms with Crippen LogP contribution in [0.1, 0.15) is 40.2 Å². The molecule has 0 radical (unpaired) electrons. The predicted octanol–water partition coefficient (Wildman–Crippen LogP) is 4.63. The number of hydrogen-bond donors (Lipinski definition) is 1. The Labute approximate surface area is 166 Å². The highest BCUT2D eigenvalue weighted by atomic mass is 28.4. The third kappa shape index (κ3) is 6.13.